The molecule has 1 N–H and O–H groups in total. The number of nitrogens with zero attached hydrogens (tertiary/aromatic N) is 3. The van der Waals surface area contributed by atoms with E-state index >= 15 is 0 Å². The molecular formula is C22H22N4O5. The first-order valence-electron chi connectivity index (χ1n) is 9.58. The van der Waals surface area contributed by atoms with Crippen molar-refractivity contribution in [2.45, 2.75) is 12.6 Å². The second-order valence-corrected chi connectivity index (χ2v) is 6.67. The van der Waals surface area contributed by atoms with Crippen molar-refractivity contribution in [3.8, 4) is 23.5 Å². The number of anilines is 1. The lowest BCUT2D eigenvalue weighted by Gasteiger charge is -2.13. The fraction of sp³-hybridized carbons (Fsp3) is 0.227. The molecule has 0 aliphatic carbocycles. The summed E-state index contributed by atoms with van der Waals surface area (Å²) in [4.78, 5) is 21.0. The minimum absolute atomic E-state index is 0.00559. The summed E-state index contributed by atoms with van der Waals surface area (Å²) in [5, 5.41) is 2.03. The van der Waals surface area contributed by atoms with Gasteiger partial charge in [0.25, 0.3) is 0 Å². The lowest BCUT2D eigenvalue weighted by molar-refractivity contribution is 0.0596. The van der Waals surface area contributed by atoms with Crippen LogP contribution >= 0.6 is 0 Å². The maximum absolute atomic E-state index is 12.6. The molecule has 0 spiro atoms. The van der Waals surface area contributed by atoms with Gasteiger partial charge in [-0.25, -0.2) is 10.2 Å². The van der Waals surface area contributed by atoms with Crippen molar-refractivity contribution >= 4 is 11.7 Å². The number of aromatic nitrogens is 2. The first-order chi connectivity index (χ1) is 15.1. The molecule has 0 saturated carbocycles. The average molecular weight is 422 g/mol. The fourth-order valence-electron chi connectivity index (χ4n) is 3.22. The number of benzene rings is 2. The Morgan fingerprint density at radius 2 is 1.71 bits per heavy atom. The predicted octanol–water partition coefficient (Wildman–Crippen LogP) is 2.97. The maximum atomic E-state index is 12.6. The highest BCUT2D eigenvalue weighted by atomic mass is 16.5. The predicted molar refractivity (Wildman–Crippen MR) is 113 cm³/mol. The Bertz CT molecular complexity index is 1050. The molecule has 0 radical (unpaired) electrons. The van der Waals surface area contributed by atoms with Gasteiger partial charge in [0.2, 0.25) is 11.8 Å². The summed E-state index contributed by atoms with van der Waals surface area (Å²) in [6.45, 7) is 0. The zero-order valence-corrected chi connectivity index (χ0v) is 17.4. The number of hydrogen-bond donors (Lipinski definition) is 1. The van der Waals surface area contributed by atoms with Gasteiger partial charge < -0.3 is 18.9 Å². The second-order valence-electron chi connectivity index (χ2n) is 6.67. The van der Waals surface area contributed by atoms with Crippen LogP contribution in [0.4, 0.5) is 5.69 Å². The normalized spacial score (nSPS) is 14.7. The van der Waals surface area contributed by atoms with Crippen molar-refractivity contribution in [2.24, 2.45) is 0 Å². The molecule has 1 saturated heterocycles. The summed E-state index contributed by atoms with van der Waals surface area (Å²) in [7, 11) is 4.29. The van der Waals surface area contributed by atoms with Crippen LogP contribution in [0.1, 0.15) is 15.9 Å². The van der Waals surface area contributed by atoms with Crippen molar-refractivity contribution < 1.29 is 23.7 Å². The number of methoxy groups -OCH3 is 3. The number of hydrogen-bond acceptors (Lipinski definition) is 9. The summed E-state index contributed by atoms with van der Waals surface area (Å²) in [5.74, 6) is 0.329. The molecule has 1 fully saturated rings. The van der Waals surface area contributed by atoms with E-state index < -0.39 is 5.97 Å². The molecule has 31 heavy (non-hydrogen) atoms. The first kappa shape index (κ1) is 20.4. The van der Waals surface area contributed by atoms with Gasteiger partial charge in [-0.2, -0.15) is 9.97 Å². The Balaban J connectivity index is 1.61. The minimum Gasteiger partial charge on any atom is -0.481 e. The van der Waals surface area contributed by atoms with Gasteiger partial charge in [0.05, 0.1) is 33.1 Å². The molecule has 2 aromatic carbocycles. The van der Waals surface area contributed by atoms with Gasteiger partial charge in [0, 0.05) is 6.42 Å². The summed E-state index contributed by atoms with van der Waals surface area (Å²) in [6.07, 6.45) is 0.618. The van der Waals surface area contributed by atoms with E-state index in [9.17, 15) is 4.79 Å². The van der Waals surface area contributed by atoms with Crippen LogP contribution < -0.4 is 24.6 Å². The van der Waals surface area contributed by atoms with Crippen LogP contribution in [0.15, 0.2) is 54.6 Å². The number of ether oxygens (including phenoxy) is 4. The number of hydrazine groups is 1. The Hall–Kier alpha value is -3.85. The Morgan fingerprint density at radius 3 is 2.35 bits per heavy atom. The second kappa shape index (κ2) is 8.88. The Morgan fingerprint density at radius 1 is 1.00 bits per heavy atom. The van der Waals surface area contributed by atoms with Crippen molar-refractivity contribution in [2.75, 3.05) is 26.3 Å². The molecule has 0 amide bonds. The molecule has 4 rings (SSSR count). The zero-order chi connectivity index (χ0) is 21.8. The van der Waals surface area contributed by atoms with Crippen LogP contribution in [0, 0.1) is 0 Å². The van der Waals surface area contributed by atoms with E-state index in [2.05, 4.69) is 15.4 Å². The summed E-state index contributed by atoms with van der Waals surface area (Å²) < 4.78 is 21.2. The smallest absolute Gasteiger partial charge is 0.341 e. The SMILES string of the molecule is COC(=O)c1c(CC2NN2c2ccccc2)cccc1Oc1nc(OC)cc(OC)n1. The third kappa shape index (κ3) is 4.51. The van der Waals surface area contributed by atoms with Crippen LogP contribution in [0.2, 0.25) is 0 Å². The van der Waals surface area contributed by atoms with E-state index in [0.29, 0.717) is 12.0 Å². The highest BCUT2D eigenvalue weighted by Crippen LogP contribution is 2.32. The van der Waals surface area contributed by atoms with Crippen LogP contribution in [-0.2, 0) is 11.2 Å². The van der Waals surface area contributed by atoms with Gasteiger partial charge in [0.1, 0.15) is 17.5 Å². The fourth-order valence-corrected chi connectivity index (χ4v) is 3.22. The van der Waals surface area contributed by atoms with Crippen molar-refractivity contribution in [3.63, 3.8) is 0 Å². The highest BCUT2D eigenvalue weighted by molar-refractivity contribution is 5.94. The quantitative estimate of drug-likeness (QED) is 0.433. The van der Waals surface area contributed by atoms with Gasteiger partial charge in [-0.3, -0.25) is 5.01 Å². The molecule has 2 heterocycles. The van der Waals surface area contributed by atoms with E-state index in [1.165, 1.54) is 27.4 Å². The number of nitrogens with one attached hydrogen (secondary N) is 1. The zero-order valence-electron chi connectivity index (χ0n) is 17.4. The van der Waals surface area contributed by atoms with Crippen LogP contribution in [0.25, 0.3) is 0 Å². The molecule has 1 aromatic heterocycles. The van der Waals surface area contributed by atoms with Crippen molar-refractivity contribution in [1.82, 2.24) is 15.4 Å². The highest BCUT2D eigenvalue weighted by Gasteiger charge is 2.35. The third-order valence-corrected chi connectivity index (χ3v) is 4.76. The van der Waals surface area contributed by atoms with Crippen LogP contribution in [0.3, 0.4) is 0 Å². The van der Waals surface area contributed by atoms with Gasteiger partial charge >= 0.3 is 12.0 Å². The molecule has 9 nitrogen and oxygen atoms in total. The summed E-state index contributed by atoms with van der Waals surface area (Å²) in [5.41, 5.74) is 5.44. The van der Waals surface area contributed by atoms with E-state index in [4.69, 9.17) is 18.9 Å². The standard InChI is InChI=1S/C22H22N4O5/c1-28-18-13-19(29-2)24-22(23-18)31-16-11-7-8-14(20(16)21(27)30-3)12-17-25-26(17)15-9-5-4-6-10-15/h4-11,13,17,25H,12H2,1-3H3. The molecule has 1 atom stereocenters. The lowest BCUT2D eigenvalue weighted by atomic mass is 10.0. The molecular weight excluding hydrogens is 400 g/mol. The van der Waals surface area contributed by atoms with Gasteiger partial charge in [-0.1, -0.05) is 30.3 Å². The topological polar surface area (TPSA) is 105 Å². The largest absolute Gasteiger partial charge is 0.481 e. The number of para-hydroxylation sites is 1. The van der Waals surface area contributed by atoms with Crippen LogP contribution in [-0.4, -0.2) is 43.4 Å². The molecule has 160 valence electrons. The Kier molecular flexibility index (Phi) is 5.85. The number of esters is 1. The molecule has 3 aromatic rings. The van der Waals surface area contributed by atoms with Crippen molar-refractivity contribution in [3.05, 3.63) is 65.7 Å². The lowest BCUT2D eigenvalue weighted by Crippen LogP contribution is -2.12. The minimum atomic E-state index is -0.507. The first-order valence-corrected chi connectivity index (χ1v) is 9.58. The molecule has 1 unspecified atom stereocenters. The molecule has 9 heteroatoms. The maximum Gasteiger partial charge on any atom is 0.341 e. The molecule has 0 bridgehead atoms. The molecule has 1 aliphatic heterocycles. The van der Waals surface area contributed by atoms with Gasteiger partial charge in [-0.05, 0) is 23.8 Å². The third-order valence-electron chi connectivity index (χ3n) is 4.76. The van der Waals surface area contributed by atoms with Crippen molar-refractivity contribution in [1.29, 1.82) is 0 Å². The van der Waals surface area contributed by atoms with E-state index in [1.54, 1.807) is 6.07 Å². The van der Waals surface area contributed by atoms with E-state index in [-0.39, 0.29) is 29.7 Å². The molecule has 1 aliphatic rings. The van der Waals surface area contributed by atoms with Gasteiger partial charge in [0.15, 0.2) is 0 Å². The van der Waals surface area contributed by atoms with Gasteiger partial charge in [-0.15, -0.1) is 0 Å². The summed E-state index contributed by atoms with van der Waals surface area (Å²) >= 11 is 0. The number of carbonyl (C=O) groups is 1. The Labute approximate surface area is 179 Å². The summed E-state index contributed by atoms with van der Waals surface area (Å²) in [6, 6.07) is 16.8. The van der Waals surface area contributed by atoms with E-state index in [0.717, 1.165) is 11.3 Å². The number of rotatable bonds is 8. The van der Waals surface area contributed by atoms with E-state index in [1.807, 2.05) is 47.5 Å². The average Bonchev–Trinajstić information content (AvgIpc) is 3.58. The van der Waals surface area contributed by atoms with Crippen LogP contribution in [0.5, 0.6) is 23.5 Å². The number of carbonyl (C=O) groups excluding carboxylic acids is 1. The monoisotopic (exact) mass is 422 g/mol.